The average Bonchev–Trinajstić information content (AvgIpc) is 2.82. The Morgan fingerprint density at radius 3 is 2.03 bits per heavy atom. The molecule has 0 radical (unpaired) electrons. The fraction of sp³-hybridized carbons (Fsp3) is 0.667. The molecule has 0 amide bonds. The zero-order chi connectivity index (χ0) is 27.8. The highest BCUT2D eigenvalue weighted by Gasteiger charge is 2.73. The van der Waals surface area contributed by atoms with E-state index in [2.05, 4.69) is 55.4 Å². The van der Waals surface area contributed by atoms with Crippen molar-refractivity contribution in [1.29, 1.82) is 0 Å². The summed E-state index contributed by atoms with van der Waals surface area (Å²) in [5, 5.41) is 11.9. The molecule has 0 saturated heterocycles. The number of hydrogen-bond acceptors (Lipinski definition) is 4. The first kappa shape index (κ1) is 29.3. The molecule has 0 aromatic heterocycles. The maximum Gasteiger partial charge on any atom is 0.184 e. The Morgan fingerprint density at radius 2 is 1.49 bits per heavy atom. The number of aliphatic hydroxyl groups excluding tert-OH is 1. The first-order valence-electron chi connectivity index (χ1n) is 14.4. The molecular formula is C33H48O4. The molecule has 3 rings (SSSR count). The van der Waals surface area contributed by atoms with Crippen LogP contribution in [-0.2, 0) is 9.59 Å². The van der Waals surface area contributed by atoms with Gasteiger partial charge in [0.05, 0.1) is 5.41 Å². The summed E-state index contributed by atoms with van der Waals surface area (Å²) in [5.41, 5.74) is -2.91. The molecule has 2 bridgehead atoms. The molecule has 2 aliphatic rings. The Morgan fingerprint density at radius 1 is 0.919 bits per heavy atom. The van der Waals surface area contributed by atoms with Gasteiger partial charge in [-0.25, -0.2) is 0 Å². The van der Waals surface area contributed by atoms with Crippen molar-refractivity contribution in [2.75, 3.05) is 0 Å². The van der Waals surface area contributed by atoms with Crippen LogP contribution in [0.1, 0.15) is 111 Å². The van der Waals surface area contributed by atoms with Gasteiger partial charge < -0.3 is 5.11 Å². The van der Waals surface area contributed by atoms with E-state index < -0.39 is 16.2 Å². The quantitative estimate of drug-likeness (QED) is 0.242. The van der Waals surface area contributed by atoms with Gasteiger partial charge in [-0.1, -0.05) is 92.1 Å². The third-order valence-electron chi connectivity index (χ3n) is 9.38. The monoisotopic (exact) mass is 508 g/mol. The van der Waals surface area contributed by atoms with Crippen LogP contribution in [0.3, 0.4) is 0 Å². The lowest BCUT2D eigenvalue weighted by Gasteiger charge is -2.60. The maximum absolute atomic E-state index is 14.8. The van der Waals surface area contributed by atoms with Crippen LogP contribution in [0.2, 0.25) is 0 Å². The van der Waals surface area contributed by atoms with Crippen LogP contribution < -0.4 is 0 Å². The molecule has 0 aliphatic heterocycles. The van der Waals surface area contributed by atoms with Crippen molar-refractivity contribution in [3.05, 3.63) is 47.2 Å². The molecule has 3 atom stereocenters. The van der Waals surface area contributed by atoms with Crippen LogP contribution in [0.15, 0.2) is 41.7 Å². The van der Waals surface area contributed by atoms with E-state index in [4.69, 9.17) is 0 Å². The normalized spacial score (nSPS) is 27.5. The SMILES string of the molecule is CC(C)CCC1=C(O)C2(C(=O)c3ccccc3)CC(CCC(C)C)C(C)(C)C(CCC(C)C)(C1=O)C2=O. The first-order chi connectivity index (χ1) is 17.2. The van der Waals surface area contributed by atoms with Gasteiger partial charge in [-0.15, -0.1) is 0 Å². The van der Waals surface area contributed by atoms with Crippen molar-refractivity contribution in [3.8, 4) is 0 Å². The van der Waals surface area contributed by atoms with Crippen LogP contribution in [-0.4, -0.2) is 22.5 Å². The number of carbonyl (C=O) groups is 3. The minimum atomic E-state index is -1.70. The predicted molar refractivity (Wildman–Crippen MR) is 149 cm³/mol. The standard InChI is InChI=1S/C33H48O4/c1-21(2)14-16-25-20-32(27(34)24-12-10-9-11-13-24)28(35)26(17-15-22(3)4)29(36)33(30(32)37,31(25,7)8)19-18-23(5)6/h9-13,21-23,25,35H,14-20H2,1-8H3. The average molecular weight is 509 g/mol. The van der Waals surface area contributed by atoms with Crippen molar-refractivity contribution in [2.45, 2.75) is 100 Å². The van der Waals surface area contributed by atoms with E-state index in [1.807, 2.05) is 6.07 Å². The van der Waals surface area contributed by atoms with Crippen LogP contribution >= 0.6 is 0 Å². The number of aliphatic hydroxyl groups is 1. The molecule has 4 heteroatoms. The molecule has 1 fully saturated rings. The number of ketones is 3. The number of rotatable bonds is 11. The highest BCUT2D eigenvalue weighted by atomic mass is 16.3. The van der Waals surface area contributed by atoms with Crippen molar-refractivity contribution >= 4 is 17.3 Å². The summed E-state index contributed by atoms with van der Waals surface area (Å²) < 4.78 is 0. The topological polar surface area (TPSA) is 71.4 Å². The van der Waals surface area contributed by atoms with Gasteiger partial charge in [-0.05, 0) is 67.6 Å². The van der Waals surface area contributed by atoms with Crippen molar-refractivity contribution in [3.63, 3.8) is 0 Å². The molecule has 1 aromatic rings. The van der Waals surface area contributed by atoms with E-state index in [1.54, 1.807) is 24.3 Å². The van der Waals surface area contributed by atoms with Crippen LogP contribution in [0, 0.1) is 39.9 Å². The predicted octanol–water partition coefficient (Wildman–Crippen LogP) is 8.16. The molecule has 4 nitrogen and oxygen atoms in total. The molecule has 1 aromatic carbocycles. The molecule has 0 spiro atoms. The summed E-state index contributed by atoms with van der Waals surface area (Å²) >= 11 is 0. The summed E-state index contributed by atoms with van der Waals surface area (Å²) in [7, 11) is 0. The second kappa shape index (κ2) is 10.9. The molecule has 1 saturated carbocycles. The van der Waals surface area contributed by atoms with E-state index in [9.17, 15) is 19.5 Å². The number of benzene rings is 1. The Kier molecular flexibility index (Phi) is 8.61. The smallest absolute Gasteiger partial charge is 0.184 e. The van der Waals surface area contributed by atoms with Gasteiger partial charge >= 0.3 is 0 Å². The molecule has 37 heavy (non-hydrogen) atoms. The number of carbonyl (C=O) groups excluding carboxylic acids is 3. The summed E-state index contributed by atoms with van der Waals surface area (Å²) in [6.07, 6.45) is 4.24. The largest absolute Gasteiger partial charge is 0.510 e. The summed E-state index contributed by atoms with van der Waals surface area (Å²) in [4.78, 5) is 43.8. The van der Waals surface area contributed by atoms with E-state index in [1.165, 1.54) is 0 Å². The number of allylic oxidation sites excluding steroid dienone is 2. The fourth-order valence-corrected chi connectivity index (χ4v) is 6.80. The first-order valence-corrected chi connectivity index (χ1v) is 14.4. The minimum absolute atomic E-state index is 0.0508. The van der Waals surface area contributed by atoms with Gasteiger partial charge in [0.1, 0.15) is 5.76 Å². The zero-order valence-corrected chi connectivity index (χ0v) is 24.3. The lowest BCUT2D eigenvalue weighted by Crippen LogP contribution is -2.68. The molecule has 1 N–H and O–H groups in total. The maximum atomic E-state index is 14.8. The molecule has 0 heterocycles. The summed E-state index contributed by atoms with van der Waals surface area (Å²) in [6.45, 7) is 16.9. The molecule has 3 unspecified atom stereocenters. The summed E-state index contributed by atoms with van der Waals surface area (Å²) in [5.74, 6) is -0.175. The zero-order valence-electron chi connectivity index (χ0n) is 24.3. The van der Waals surface area contributed by atoms with E-state index in [0.717, 1.165) is 12.8 Å². The third-order valence-corrected chi connectivity index (χ3v) is 9.38. The Balaban J connectivity index is 2.35. The van der Waals surface area contributed by atoms with Crippen molar-refractivity contribution in [1.82, 2.24) is 0 Å². The fourth-order valence-electron chi connectivity index (χ4n) is 6.80. The Hall–Kier alpha value is -2.23. The number of fused-ring (bicyclic) bond motifs is 2. The molecule has 204 valence electrons. The van der Waals surface area contributed by atoms with E-state index in [-0.39, 0.29) is 35.4 Å². The lowest BCUT2D eigenvalue weighted by molar-refractivity contribution is -0.170. The van der Waals surface area contributed by atoms with Crippen LogP contribution in [0.5, 0.6) is 0 Å². The van der Waals surface area contributed by atoms with Gasteiger partial charge in [0.15, 0.2) is 22.8 Å². The van der Waals surface area contributed by atoms with Crippen molar-refractivity contribution in [2.24, 2.45) is 39.9 Å². The van der Waals surface area contributed by atoms with Gasteiger partial charge in [0.25, 0.3) is 0 Å². The number of Topliss-reactive ketones (excluding diaryl/α,β-unsaturated/α-hetero) is 3. The third kappa shape index (κ3) is 4.86. The lowest BCUT2D eigenvalue weighted by atomic mass is 9.39. The minimum Gasteiger partial charge on any atom is -0.510 e. The second-order valence-corrected chi connectivity index (χ2v) is 13.5. The van der Waals surface area contributed by atoms with Gasteiger partial charge in [-0.3, -0.25) is 14.4 Å². The number of hydrogen-bond donors (Lipinski definition) is 1. The molecule has 2 aliphatic carbocycles. The van der Waals surface area contributed by atoms with E-state index in [0.29, 0.717) is 54.6 Å². The van der Waals surface area contributed by atoms with Gasteiger partial charge in [0.2, 0.25) is 0 Å². The highest BCUT2D eigenvalue weighted by Crippen LogP contribution is 2.66. The molecular weight excluding hydrogens is 460 g/mol. The Bertz CT molecular complexity index is 1050. The Labute approximate surface area is 224 Å². The second-order valence-electron chi connectivity index (χ2n) is 13.5. The van der Waals surface area contributed by atoms with Gasteiger partial charge in [0, 0.05) is 11.1 Å². The summed E-state index contributed by atoms with van der Waals surface area (Å²) in [6, 6.07) is 8.86. The van der Waals surface area contributed by atoms with Crippen LogP contribution in [0.4, 0.5) is 0 Å². The van der Waals surface area contributed by atoms with Crippen molar-refractivity contribution < 1.29 is 19.5 Å². The van der Waals surface area contributed by atoms with Crippen LogP contribution in [0.25, 0.3) is 0 Å². The van der Waals surface area contributed by atoms with Gasteiger partial charge in [-0.2, -0.15) is 0 Å². The highest BCUT2D eigenvalue weighted by molar-refractivity contribution is 6.29. The van der Waals surface area contributed by atoms with E-state index >= 15 is 0 Å².